The first-order valence-electron chi connectivity index (χ1n) is 4.37. The summed E-state index contributed by atoms with van der Waals surface area (Å²) in [4.78, 5) is 0. The number of ether oxygens (including phenoxy) is 1. The Morgan fingerprint density at radius 3 is 2.93 bits per heavy atom. The van der Waals surface area contributed by atoms with Gasteiger partial charge in [0.15, 0.2) is 0 Å². The SMILES string of the molecule is COCC(C)CNc1nnc(CCl)o1. The maximum atomic E-state index is 5.51. The average molecular weight is 220 g/mol. The van der Waals surface area contributed by atoms with E-state index in [0.717, 1.165) is 6.54 Å². The van der Waals surface area contributed by atoms with Crippen LogP contribution in [-0.2, 0) is 10.6 Å². The number of halogens is 1. The Balaban J connectivity index is 2.30. The van der Waals surface area contributed by atoms with Gasteiger partial charge in [-0.25, -0.2) is 0 Å². The van der Waals surface area contributed by atoms with Crippen molar-refractivity contribution >= 4 is 17.6 Å². The van der Waals surface area contributed by atoms with Crippen LogP contribution < -0.4 is 5.32 Å². The lowest BCUT2D eigenvalue weighted by molar-refractivity contribution is 0.164. The van der Waals surface area contributed by atoms with Crippen LogP contribution in [0.2, 0.25) is 0 Å². The fourth-order valence-electron chi connectivity index (χ4n) is 0.984. The molecule has 14 heavy (non-hydrogen) atoms. The first kappa shape index (κ1) is 11.3. The fraction of sp³-hybridized carbons (Fsp3) is 0.750. The molecule has 0 amide bonds. The zero-order valence-corrected chi connectivity index (χ0v) is 9.04. The summed E-state index contributed by atoms with van der Waals surface area (Å²) >= 11 is 5.51. The van der Waals surface area contributed by atoms with Crippen molar-refractivity contribution in [2.24, 2.45) is 5.92 Å². The molecule has 0 bridgehead atoms. The molecule has 1 atom stereocenters. The minimum atomic E-state index is 0.238. The van der Waals surface area contributed by atoms with E-state index in [4.69, 9.17) is 20.8 Å². The number of hydrogen-bond donors (Lipinski definition) is 1. The molecular formula is C8H14ClN3O2. The quantitative estimate of drug-likeness (QED) is 0.735. The number of nitrogens with zero attached hydrogens (tertiary/aromatic N) is 2. The zero-order valence-electron chi connectivity index (χ0n) is 8.29. The number of nitrogens with one attached hydrogen (secondary N) is 1. The van der Waals surface area contributed by atoms with Gasteiger partial charge in [-0.3, -0.25) is 0 Å². The van der Waals surface area contributed by atoms with Gasteiger partial charge in [0.2, 0.25) is 5.89 Å². The van der Waals surface area contributed by atoms with Crippen molar-refractivity contribution in [3.05, 3.63) is 5.89 Å². The van der Waals surface area contributed by atoms with Crippen LogP contribution in [0.4, 0.5) is 6.01 Å². The third-order valence-corrected chi connectivity index (χ3v) is 1.86. The summed E-state index contributed by atoms with van der Waals surface area (Å²) in [6, 6.07) is 0.406. The molecule has 0 aliphatic carbocycles. The topological polar surface area (TPSA) is 60.2 Å². The van der Waals surface area contributed by atoms with Gasteiger partial charge in [0.05, 0.1) is 6.61 Å². The zero-order chi connectivity index (χ0) is 10.4. The van der Waals surface area contributed by atoms with Crippen LogP contribution in [0, 0.1) is 5.92 Å². The van der Waals surface area contributed by atoms with Crippen molar-refractivity contribution in [1.29, 1.82) is 0 Å². The van der Waals surface area contributed by atoms with E-state index in [1.165, 1.54) is 0 Å². The van der Waals surface area contributed by atoms with Crippen LogP contribution in [-0.4, -0.2) is 30.5 Å². The molecule has 0 spiro atoms. The lowest BCUT2D eigenvalue weighted by atomic mass is 10.2. The highest BCUT2D eigenvalue weighted by atomic mass is 35.5. The smallest absolute Gasteiger partial charge is 0.315 e. The van der Waals surface area contributed by atoms with E-state index in [1.54, 1.807) is 7.11 Å². The number of anilines is 1. The molecule has 1 unspecified atom stereocenters. The van der Waals surface area contributed by atoms with E-state index >= 15 is 0 Å². The summed E-state index contributed by atoms with van der Waals surface area (Å²) in [5.74, 6) is 1.06. The van der Waals surface area contributed by atoms with Gasteiger partial charge in [-0.1, -0.05) is 12.0 Å². The van der Waals surface area contributed by atoms with Gasteiger partial charge < -0.3 is 14.5 Å². The number of aromatic nitrogens is 2. The Morgan fingerprint density at radius 2 is 2.36 bits per heavy atom. The van der Waals surface area contributed by atoms with E-state index in [1.807, 2.05) is 0 Å². The second kappa shape index (κ2) is 5.82. The lowest BCUT2D eigenvalue weighted by Gasteiger charge is -2.08. The van der Waals surface area contributed by atoms with Crippen LogP contribution in [0.3, 0.4) is 0 Å². The normalized spacial score (nSPS) is 12.8. The van der Waals surface area contributed by atoms with Crippen molar-refractivity contribution in [2.45, 2.75) is 12.8 Å². The van der Waals surface area contributed by atoms with Crippen molar-refractivity contribution in [1.82, 2.24) is 10.2 Å². The first-order valence-corrected chi connectivity index (χ1v) is 4.91. The standard InChI is InChI=1S/C8H14ClN3O2/c1-6(5-13-2)4-10-8-12-11-7(3-9)14-8/h6H,3-5H2,1-2H3,(H,10,12). The highest BCUT2D eigenvalue weighted by Crippen LogP contribution is 2.08. The maximum absolute atomic E-state index is 5.51. The first-order chi connectivity index (χ1) is 6.76. The summed E-state index contributed by atoms with van der Waals surface area (Å²) in [6.45, 7) is 3.50. The van der Waals surface area contributed by atoms with E-state index in [2.05, 4.69) is 22.4 Å². The highest BCUT2D eigenvalue weighted by molar-refractivity contribution is 6.16. The summed E-state index contributed by atoms with van der Waals surface area (Å²) in [6.07, 6.45) is 0. The molecule has 0 fully saturated rings. The molecule has 1 aromatic heterocycles. The van der Waals surface area contributed by atoms with Crippen LogP contribution in [0.5, 0.6) is 0 Å². The third kappa shape index (κ3) is 3.51. The fourth-order valence-corrected chi connectivity index (χ4v) is 1.09. The average Bonchev–Trinajstić information content (AvgIpc) is 2.63. The van der Waals surface area contributed by atoms with Gasteiger partial charge in [-0.05, 0) is 5.92 Å². The molecule has 0 radical (unpaired) electrons. The summed E-state index contributed by atoms with van der Waals surface area (Å²) in [5, 5.41) is 10.5. The lowest BCUT2D eigenvalue weighted by Crippen LogP contribution is -2.15. The molecule has 5 nitrogen and oxygen atoms in total. The Morgan fingerprint density at radius 1 is 1.57 bits per heavy atom. The minimum Gasteiger partial charge on any atom is -0.407 e. The van der Waals surface area contributed by atoms with Gasteiger partial charge in [0.1, 0.15) is 5.88 Å². The molecule has 1 aromatic rings. The van der Waals surface area contributed by atoms with Crippen molar-refractivity contribution < 1.29 is 9.15 Å². The van der Waals surface area contributed by atoms with Crippen molar-refractivity contribution in [3.8, 4) is 0 Å². The molecule has 1 N–H and O–H groups in total. The number of hydrogen-bond acceptors (Lipinski definition) is 5. The van der Waals surface area contributed by atoms with E-state index in [9.17, 15) is 0 Å². The van der Waals surface area contributed by atoms with Gasteiger partial charge in [-0.2, -0.15) is 0 Å². The predicted octanol–water partition coefficient (Wildman–Crippen LogP) is 1.50. The van der Waals surface area contributed by atoms with Crippen LogP contribution >= 0.6 is 11.6 Å². The monoisotopic (exact) mass is 219 g/mol. The molecular weight excluding hydrogens is 206 g/mol. The Labute approximate surface area is 87.8 Å². The van der Waals surface area contributed by atoms with Crippen LogP contribution in [0.1, 0.15) is 12.8 Å². The van der Waals surface area contributed by atoms with Gasteiger partial charge in [0, 0.05) is 13.7 Å². The van der Waals surface area contributed by atoms with Crippen LogP contribution in [0.25, 0.3) is 0 Å². The van der Waals surface area contributed by atoms with E-state index in [-0.39, 0.29) is 5.88 Å². The van der Waals surface area contributed by atoms with Crippen molar-refractivity contribution in [3.63, 3.8) is 0 Å². The molecule has 0 aliphatic rings. The molecule has 0 saturated heterocycles. The number of methoxy groups -OCH3 is 1. The molecule has 0 saturated carbocycles. The second-order valence-electron chi connectivity index (χ2n) is 3.08. The molecule has 0 aliphatic heterocycles. The van der Waals surface area contributed by atoms with Crippen LogP contribution in [0.15, 0.2) is 4.42 Å². The van der Waals surface area contributed by atoms with E-state index in [0.29, 0.717) is 24.4 Å². The van der Waals surface area contributed by atoms with Gasteiger partial charge >= 0.3 is 6.01 Å². The minimum absolute atomic E-state index is 0.238. The molecule has 6 heteroatoms. The second-order valence-corrected chi connectivity index (χ2v) is 3.34. The highest BCUT2D eigenvalue weighted by Gasteiger charge is 2.06. The number of rotatable bonds is 6. The molecule has 0 aromatic carbocycles. The Kier molecular flexibility index (Phi) is 4.69. The van der Waals surface area contributed by atoms with Gasteiger partial charge in [0.25, 0.3) is 0 Å². The van der Waals surface area contributed by atoms with Crippen molar-refractivity contribution in [2.75, 3.05) is 25.6 Å². The summed E-state index contributed by atoms with van der Waals surface area (Å²) in [5.41, 5.74) is 0. The summed E-state index contributed by atoms with van der Waals surface area (Å²) < 4.78 is 10.1. The van der Waals surface area contributed by atoms with E-state index < -0.39 is 0 Å². The Bertz CT molecular complexity index is 267. The summed E-state index contributed by atoms with van der Waals surface area (Å²) in [7, 11) is 1.68. The maximum Gasteiger partial charge on any atom is 0.315 e. The third-order valence-electron chi connectivity index (χ3n) is 1.63. The Hall–Kier alpha value is -0.810. The van der Waals surface area contributed by atoms with Gasteiger partial charge in [-0.15, -0.1) is 16.7 Å². The molecule has 1 rings (SSSR count). The largest absolute Gasteiger partial charge is 0.407 e. The molecule has 80 valence electrons. The number of alkyl halides is 1. The molecule has 1 heterocycles. The predicted molar refractivity (Wildman–Crippen MR) is 53.4 cm³/mol.